The molecule has 26 heavy (non-hydrogen) atoms. The van der Waals surface area contributed by atoms with E-state index in [2.05, 4.69) is 29.0 Å². The van der Waals surface area contributed by atoms with Crippen LogP contribution in [-0.4, -0.2) is 66.8 Å². The molecule has 7 heteroatoms. The first-order valence-electron chi connectivity index (χ1n) is 9.63. The van der Waals surface area contributed by atoms with Crippen molar-refractivity contribution < 1.29 is 9.53 Å². The summed E-state index contributed by atoms with van der Waals surface area (Å²) in [5.41, 5.74) is 0.991. The zero-order chi connectivity index (χ0) is 18.7. The van der Waals surface area contributed by atoms with Gasteiger partial charge in [-0.2, -0.15) is 0 Å². The molecule has 1 aliphatic carbocycles. The Labute approximate surface area is 156 Å². The van der Waals surface area contributed by atoms with Crippen molar-refractivity contribution in [1.82, 2.24) is 20.2 Å². The van der Waals surface area contributed by atoms with Crippen LogP contribution in [0.25, 0.3) is 0 Å². The molecule has 1 aromatic rings. The number of aryl methyl sites for hydroxylation is 1. The van der Waals surface area contributed by atoms with E-state index in [1.165, 1.54) is 12.8 Å². The van der Waals surface area contributed by atoms with Gasteiger partial charge in [0.15, 0.2) is 0 Å². The van der Waals surface area contributed by atoms with E-state index in [4.69, 9.17) is 9.72 Å². The number of hydrogen-bond acceptors (Lipinski definition) is 5. The molecule has 7 nitrogen and oxygen atoms in total. The van der Waals surface area contributed by atoms with Crippen molar-refractivity contribution in [2.45, 2.75) is 45.6 Å². The summed E-state index contributed by atoms with van der Waals surface area (Å²) >= 11 is 0. The first-order valence-corrected chi connectivity index (χ1v) is 9.63. The Morgan fingerprint density at radius 3 is 2.54 bits per heavy atom. The van der Waals surface area contributed by atoms with Crippen molar-refractivity contribution in [3.8, 4) is 0 Å². The highest BCUT2D eigenvalue weighted by atomic mass is 16.5. The van der Waals surface area contributed by atoms with E-state index in [-0.39, 0.29) is 12.1 Å². The van der Waals surface area contributed by atoms with Crippen molar-refractivity contribution in [3.05, 3.63) is 17.6 Å². The number of hydrogen-bond donors (Lipinski definition) is 1. The lowest BCUT2D eigenvalue weighted by Crippen LogP contribution is -2.54. The Bertz CT molecular complexity index is 624. The summed E-state index contributed by atoms with van der Waals surface area (Å²) in [4.78, 5) is 26.0. The third-order valence-corrected chi connectivity index (χ3v) is 5.11. The molecule has 2 heterocycles. The number of anilines is 1. The van der Waals surface area contributed by atoms with Gasteiger partial charge in [0.1, 0.15) is 11.6 Å². The fraction of sp³-hybridized carbons (Fsp3) is 0.737. The second-order valence-electron chi connectivity index (χ2n) is 7.70. The Morgan fingerprint density at radius 1 is 1.27 bits per heavy atom. The van der Waals surface area contributed by atoms with E-state index >= 15 is 0 Å². The van der Waals surface area contributed by atoms with Crippen LogP contribution in [0.5, 0.6) is 0 Å². The van der Waals surface area contributed by atoms with Crippen LogP contribution >= 0.6 is 0 Å². The predicted octanol–water partition coefficient (Wildman–Crippen LogP) is 2.17. The predicted molar refractivity (Wildman–Crippen MR) is 102 cm³/mol. The summed E-state index contributed by atoms with van der Waals surface area (Å²) < 4.78 is 5.25. The molecule has 1 aromatic heterocycles. The molecular formula is C19H31N5O2. The Kier molecular flexibility index (Phi) is 5.96. The van der Waals surface area contributed by atoms with Gasteiger partial charge in [-0.1, -0.05) is 13.8 Å². The second-order valence-corrected chi connectivity index (χ2v) is 7.70. The third-order valence-electron chi connectivity index (χ3n) is 5.11. The van der Waals surface area contributed by atoms with Crippen LogP contribution in [-0.2, 0) is 4.74 Å². The number of nitrogens with one attached hydrogen (secondary N) is 1. The maximum Gasteiger partial charge on any atom is 0.317 e. The lowest BCUT2D eigenvalue weighted by Gasteiger charge is -2.36. The molecule has 1 atom stereocenters. The number of piperazine rings is 1. The average molecular weight is 361 g/mol. The number of amides is 2. The quantitative estimate of drug-likeness (QED) is 0.841. The highest BCUT2D eigenvalue weighted by Gasteiger charge is 2.33. The van der Waals surface area contributed by atoms with Crippen molar-refractivity contribution in [3.63, 3.8) is 0 Å². The highest BCUT2D eigenvalue weighted by molar-refractivity contribution is 5.75. The van der Waals surface area contributed by atoms with Gasteiger partial charge in [-0.3, -0.25) is 0 Å². The number of carbonyl (C=O) groups excluding carboxylic acids is 1. The molecule has 1 N–H and O–H groups in total. The summed E-state index contributed by atoms with van der Waals surface area (Å²) in [6.45, 7) is 9.81. The molecule has 0 spiro atoms. The van der Waals surface area contributed by atoms with Crippen LogP contribution in [0.15, 0.2) is 6.07 Å². The molecule has 3 rings (SSSR count). The average Bonchev–Trinajstić information content (AvgIpc) is 3.46. The SMILES string of the molecule is COCC(NC(=O)N1CCN(c2cc(C)nc(C(C)C)n2)CC1)C1CC1. The molecule has 0 radical (unpaired) electrons. The molecule has 2 amide bonds. The van der Waals surface area contributed by atoms with E-state index < -0.39 is 0 Å². The van der Waals surface area contributed by atoms with Crippen molar-refractivity contribution in [2.24, 2.45) is 5.92 Å². The van der Waals surface area contributed by atoms with Gasteiger partial charge in [-0.05, 0) is 25.7 Å². The fourth-order valence-corrected chi connectivity index (χ4v) is 3.36. The van der Waals surface area contributed by atoms with Crippen LogP contribution in [0.3, 0.4) is 0 Å². The maximum atomic E-state index is 12.6. The molecule has 2 aliphatic rings. The number of methoxy groups -OCH3 is 1. The summed E-state index contributed by atoms with van der Waals surface area (Å²) in [5.74, 6) is 2.74. The van der Waals surface area contributed by atoms with E-state index in [0.717, 1.165) is 30.4 Å². The summed E-state index contributed by atoms with van der Waals surface area (Å²) in [6, 6.07) is 2.20. The van der Waals surface area contributed by atoms with Crippen LogP contribution in [0.2, 0.25) is 0 Å². The van der Waals surface area contributed by atoms with Crippen molar-refractivity contribution in [1.29, 1.82) is 0 Å². The van der Waals surface area contributed by atoms with E-state index in [9.17, 15) is 4.79 Å². The molecule has 0 bridgehead atoms. The number of nitrogens with zero attached hydrogens (tertiary/aromatic N) is 4. The minimum atomic E-state index is 0.0281. The van der Waals surface area contributed by atoms with Gasteiger partial charge in [0.05, 0.1) is 12.6 Å². The number of carbonyl (C=O) groups is 1. The number of rotatable bonds is 6. The van der Waals surface area contributed by atoms with Crippen LogP contribution in [0.1, 0.15) is 44.1 Å². The second kappa shape index (κ2) is 8.20. The van der Waals surface area contributed by atoms with Crippen molar-refractivity contribution in [2.75, 3.05) is 44.8 Å². The largest absolute Gasteiger partial charge is 0.383 e. The molecule has 144 valence electrons. The standard InChI is InChI=1S/C19H31N5O2/c1-13(2)18-20-14(3)11-17(22-18)23-7-9-24(10-8-23)19(25)21-16(12-26-4)15-5-6-15/h11,13,15-16H,5-10,12H2,1-4H3,(H,21,25). The van der Waals surface area contributed by atoms with Crippen LogP contribution in [0.4, 0.5) is 10.6 Å². The van der Waals surface area contributed by atoms with E-state index in [0.29, 0.717) is 31.5 Å². The normalized spacial score (nSPS) is 19.0. The minimum absolute atomic E-state index is 0.0281. The molecule has 1 unspecified atom stereocenters. The van der Waals surface area contributed by atoms with E-state index in [1.807, 2.05) is 17.9 Å². The van der Waals surface area contributed by atoms with Crippen LogP contribution < -0.4 is 10.2 Å². The Morgan fingerprint density at radius 2 is 1.96 bits per heavy atom. The van der Waals surface area contributed by atoms with Gasteiger partial charge in [0, 0.05) is 51.0 Å². The fourth-order valence-electron chi connectivity index (χ4n) is 3.36. The van der Waals surface area contributed by atoms with Gasteiger partial charge in [0.25, 0.3) is 0 Å². The zero-order valence-electron chi connectivity index (χ0n) is 16.4. The Balaban J connectivity index is 1.56. The number of ether oxygens (including phenoxy) is 1. The maximum absolute atomic E-state index is 12.6. The van der Waals surface area contributed by atoms with Gasteiger partial charge in [-0.25, -0.2) is 14.8 Å². The topological polar surface area (TPSA) is 70.6 Å². The van der Waals surface area contributed by atoms with Gasteiger partial charge >= 0.3 is 6.03 Å². The number of aromatic nitrogens is 2. The van der Waals surface area contributed by atoms with Gasteiger partial charge < -0.3 is 19.9 Å². The lowest BCUT2D eigenvalue weighted by molar-refractivity contribution is 0.146. The molecule has 1 saturated carbocycles. The smallest absolute Gasteiger partial charge is 0.317 e. The van der Waals surface area contributed by atoms with Gasteiger partial charge in [-0.15, -0.1) is 0 Å². The monoisotopic (exact) mass is 361 g/mol. The summed E-state index contributed by atoms with van der Waals surface area (Å²) in [6.07, 6.45) is 2.38. The molecule has 1 aliphatic heterocycles. The van der Waals surface area contributed by atoms with Crippen LogP contribution in [0, 0.1) is 12.8 Å². The summed E-state index contributed by atoms with van der Waals surface area (Å²) in [5, 5.41) is 3.16. The first-order chi connectivity index (χ1) is 12.5. The first kappa shape index (κ1) is 18.9. The number of urea groups is 1. The molecular weight excluding hydrogens is 330 g/mol. The van der Waals surface area contributed by atoms with E-state index in [1.54, 1.807) is 7.11 Å². The van der Waals surface area contributed by atoms with Crippen molar-refractivity contribution >= 4 is 11.8 Å². The third kappa shape index (κ3) is 4.63. The molecule has 1 saturated heterocycles. The lowest BCUT2D eigenvalue weighted by atomic mass is 10.2. The Hall–Kier alpha value is -1.89. The molecule has 0 aromatic carbocycles. The highest BCUT2D eigenvalue weighted by Crippen LogP contribution is 2.32. The zero-order valence-corrected chi connectivity index (χ0v) is 16.4. The molecule has 2 fully saturated rings. The minimum Gasteiger partial charge on any atom is -0.383 e. The summed E-state index contributed by atoms with van der Waals surface area (Å²) in [7, 11) is 1.69. The van der Waals surface area contributed by atoms with Gasteiger partial charge in [0.2, 0.25) is 0 Å².